The van der Waals surface area contributed by atoms with Crippen LogP contribution in [0.5, 0.6) is 0 Å². The Hall–Kier alpha value is -2.15. The molecule has 0 bridgehead atoms. The topological polar surface area (TPSA) is 59.6 Å². The molecule has 26 heavy (non-hydrogen) atoms. The van der Waals surface area contributed by atoms with Crippen LogP contribution < -0.4 is 10.2 Å². The van der Waals surface area contributed by atoms with Crippen molar-refractivity contribution < 1.29 is 14.1 Å². The van der Waals surface area contributed by atoms with Crippen LogP contribution in [0.1, 0.15) is 18.2 Å². The molecule has 1 aromatic carbocycles. The van der Waals surface area contributed by atoms with Gasteiger partial charge in [-0.2, -0.15) is 0 Å². The number of amides is 1. The summed E-state index contributed by atoms with van der Waals surface area (Å²) in [5.41, 5.74) is 2.58. The molecule has 0 aliphatic rings. The van der Waals surface area contributed by atoms with Crippen molar-refractivity contribution in [3.63, 3.8) is 0 Å². The number of halogens is 1. The van der Waals surface area contributed by atoms with E-state index in [1.54, 1.807) is 23.7 Å². The maximum atomic E-state index is 12.4. The molecular weight excluding hydrogens is 370 g/mol. The Kier molecular flexibility index (Phi) is 6.08. The van der Waals surface area contributed by atoms with Crippen LogP contribution in [0.25, 0.3) is 10.8 Å². The van der Waals surface area contributed by atoms with Gasteiger partial charge in [-0.1, -0.05) is 23.7 Å². The third-order valence-corrected chi connectivity index (χ3v) is 5.19. The zero-order chi connectivity index (χ0) is 18.5. The predicted octanol–water partition coefficient (Wildman–Crippen LogP) is 3.41. The number of carbonyl (C=O) groups is 1. The summed E-state index contributed by atoms with van der Waals surface area (Å²) in [6.45, 7) is 5.78. The SMILES string of the molecule is CC[NH+](CC(=O)Nc1cc(Cl)ccc1C)Cc1coc(-c2cccs2)n1. The number of aromatic nitrogens is 1. The van der Waals surface area contributed by atoms with Gasteiger partial charge in [-0.15, -0.1) is 11.3 Å². The second-order valence-electron chi connectivity index (χ2n) is 6.09. The van der Waals surface area contributed by atoms with Crippen LogP contribution in [0, 0.1) is 6.92 Å². The number of quaternary nitrogens is 1. The van der Waals surface area contributed by atoms with E-state index < -0.39 is 0 Å². The second-order valence-corrected chi connectivity index (χ2v) is 7.47. The van der Waals surface area contributed by atoms with Crippen molar-refractivity contribution in [1.29, 1.82) is 0 Å². The van der Waals surface area contributed by atoms with E-state index in [2.05, 4.69) is 10.3 Å². The average Bonchev–Trinajstić information content (AvgIpc) is 3.28. The monoisotopic (exact) mass is 390 g/mol. The summed E-state index contributed by atoms with van der Waals surface area (Å²) in [5, 5.41) is 5.54. The summed E-state index contributed by atoms with van der Waals surface area (Å²) in [6, 6.07) is 9.42. The first-order valence-electron chi connectivity index (χ1n) is 8.43. The van der Waals surface area contributed by atoms with Crippen molar-refractivity contribution in [2.45, 2.75) is 20.4 Å². The van der Waals surface area contributed by atoms with Gasteiger partial charge in [-0.25, -0.2) is 4.98 Å². The zero-order valence-electron chi connectivity index (χ0n) is 14.7. The highest BCUT2D eigenvalue weighted by atomic mass is 35.5. The van der Waals surface area contributed by atoms with Crippen LogP contribution in [-0.4, -0.2) is 24.0 Å². The van der Waals surface area contributed by atoms with Crippen molar-refractivity contribution in [2.24, 2.45) is 0 Å². The number of hydrogen-bond donors (Lipinski definition) is 2. The van der Waals surface area contributed by atoms with E-state index in [9.17, 15) is 4.79 Å². The van der Waals surface area contributed by atoms with Crippen molar-refractivity contribution in [3.05, 3.63) is 58.3 Å². The number of rotatable bonds is 7. The number of likely N-dealkylation sites (N-methyl/N-ethyl adjacent to an activating group) is 1. The van der Waals surface area contributed by atoms with Crippen LogP contribution >= 0.6 is 22.9 Å². The fourth-order valence-electron chi connectivity index (χ4n) is 2.62. The Morgan fingerprint density at radius 2 is 2.23 bits per heavy atom. The Bertz CT molecular complexity index is 877. The second kappa shape index (κ2) is 8.49. The average molecular weight is 391 g/mol. The van der Waals surface area contributed by atoms with E-state index in [1.165, 1.54) is 0 Å². The molecule has 0 fully saturated rings. The molecule has 2 N–H and O–H groups in total. The highest BCUT2D eigenvalue weighted by molar-refractivity contribution is 7.13. The van der Waals surface area contributed by atoms with Crippen LogP contribution in [0.15, 0.2) is 46.4 Å². The number of nitrogens with zero attached hydrogens (tertiary/aromatic N) is 1. The van der Waals surface area contributed by atoms with Crippen LogP contribution in [0.4, 0.5) is 5.69 Å². The molecule has 2 aromatic heterocycles. The third-order valence-electron chi connectivity index (χ3n) is 4.10. The maximum Gasteiger partial charge on any atom is 0.279 e. The van der Waals surface area contributed by atoms with Gasteiger partial charge in [-0.05, 0) is 43.0 Å². The number of aryl methyl sites for hydroxylation is 1. The standard InChI is InChI=1S/C19H20ClN3O2S/c1-3-23(10-15-12-25-19(21-15)17-5-4-8-26-17)11-18(24)22-16-9-14(20)7-6-13(16)2/h4-9,12H,3,10-11H2,1-2H3,(H,22,24)/p+1. The van der Waals surface area contributed by atoms with Gasteiger partial charge in [-0.3, -0.25) is 4.79 Å². The Labute approximate surface area is 161 Å². The Morgan fingerprint density at radius 1 is 1.38 bits per heavy atom. The molecule has 5 nitrogen and oxygen atoms in total. The molecule has 7 heteroatoms. The van der Waals surface area contributed by atoms with E-state index in [0.29, 0.717) is 24.0 Å². The van der Waals surface area contributed by atoms with Gasteiger partial charge in [0.25, 0.3) is 5.91 Å². The van der Waals surface area contributed by atoms with Crippen molar-refractivity contribution in [1.82, 2.24) is 4.98 Å². The lowest BCUT2D eigenvalue weighted by molar-refractivity contribution is -0.904. The molecule has 0 spiro atoms. The van der Waals surface area contributed by atoms with Gasteiger partial charge in [0.05, 0.1) is 11.4 Å². The van der Waals surface area contributed by atoms with Crippen LogP contribution in [0.2, 0.25) is 5.02 Å². The van der Waals surface area contributed by atoms with Gasteiger partial charge < -0.3 is 14.6 Å². The quantitative estimate of drug-likeness (QED) is 0.650. The summed E-state index contributed by atoms with van der Waals surface area (Å²) < 4.78 is 5.55. The van der Waals surface area contributed by atoms with Gasteiger partial charge in [0.2, 0.25) is 5.89 Å². The van der Waals surface area contributed by atoms with Crippen molar-refractivity contribution in [2.75, 3.05) is 18.4 Å². The minimum atomic E-state index is -0.0470. The molecule has 1 amide bonds. The number of thiophene rings is 1. The van der Waals surface area contributed by atoms with Crippen molar-refractivity contribution >= 4 is 34.5 Å². The first kappa shape index (κ1) is 18.6. The van der Waals surface area contributed by atoms with Crippen molar-refractivity contribution in [3.8, 4) is 10.8 Å². The number of nitrogens with one attached hydrogen (secondary N) is 2. The van der Waals surface area contributed by atoms with Crippen LogP contribution in [0.3, 0.4) is 0 Å². The minimum absolute atomic E-state index is 0.0470. The number of anilines is 1. The zero-order valence-corrected chi connectivity index (χ0v) is 16.3. The molecule has 2 heterocycles. The highest BCUT2D eigenvalue weighted by Crippen LogP contribution is 2.23. The van der Waals surface area contributed by atoms with Gasteiger partial charge in [0.1, 0.15) is 18.5 Å². The number of oxazole rings is 1. The minimum Gasteiger partial charge on any atom is -0.443 e. The molecule has 1 unspecified atom stereocenters. The molecule has 0 aliphatic heterocycles. The molecular formula is C19H21ClN3O2S+. The lowest BCUT2D eigenvalue weighted by atomic mass is 10.2. The molecule has 1 atom stereocenters. The first-order valence-corrected chi connectivity index (χ1v) is 9.68. The van der Waals surface area contributed by atoms with E-state index in [1.807, 2.05) is 43.5 Å². The fourth-order valence-corrected chi connectivity index (χ4v) is 3.45. The summed E-state index contributed by atoms with van der Waals surface area (Å²) in [6.07, 6.45) is 1.67. The Morgan fingerprint density at radius 3 is 2.96 bits per heavy atom. The van der Waals surface area contributed by atoms with E-state index >= 15 is 0 Å². The first-order chi connectivity index (χ1) is 12.5. The third kappa shape index (κ3) is 4.72. The largest absolute Gasteiger partial charge is 0.443 e. The van der Waals surface area contributed by atoms with Crippen LogP contribution in [-0.2, 0) is 11.3 Å². The summed E-state index contributed by atoms with van der Waals surface area (Å²) >= 11 is 7.60. The van der Waals surface area contributed by atoms with E-state index in [4.69, 9.17) is 16.0 Å². The molecule has 0 saturated carbocycles. The molecule has 136 valence electrons. The number of benzene rings is 1. The maximum absolute atomic E-state index is 12.4. The molecule has 0 aliphatic carbocycles. The number of hydrogen-bond acceptors (Lipinski definition) is 4. The fraction of sp³-hybridized carbons (Fsp3) is 0.263. The normalized spacial score (nSPS) is 12.1. The summed E-state index contributed by atoms with van der Waals surface area (Å²) in [4.78, 5) is 19.0. The van der Waals surface area contributed by atoms with Gasteiger partial charge in [0, 0.05) is 10.7 Å². The van der Waals surface area contributed by atoms with Gasteiger partial charge in [0.15, 0.2) is 6.54 Å². The highest BCUT2D eigenvalue weighted by Gasteiger charge is 2.17. The number of carbonyl (C=O) groups excluding carboxylic acids is 1. The molecule has 0 saturated heterocycles. The summed E-state index contributed by atoms with van der Waals surface area (Å²) in [5.74, 6) is 0.582. The molecule has 3 aromatic rings. The lowest BCUT2D eigenvalue weighted by Crippen LogP contribution is -3.11. The molecule has 3 rings (SSSR count). The predicted molar refractivity (Wildman–Crippen MR) is 105 cm³/mol. The lowest BCUT2D eigenvalue weighted by Gasteiger charge is -2.16. The summed E-state index contributed by atoms with van der Waals surface area (Å²) in [7, 11) is 0. The van der Waals surface area contributed by atoms with E-state index in [0.717, 1.165) is 33.3 Å². The Balaban J connectivity index is 1.60. The smallest absolute Gasteiger partial charge is 0.279 e. The van der Waals surface area contributed by atoms with E-state index in [-0.39, 0.29) is 5.91 Å². The molecule has 0 radical (unpaired) electrons. The van der Waals surface area contributed by atoms with Gasteiger partial charge >= 0.3 is 0 Å².